The number of benzene rings is 1. The topological polar surface area (TPSA) is 72.8 Å². The molecule has 4 aliphatic heterocycles. The summed E-state index contributed by atoms with van der Waals surface area (Å²) in [5.41, 5.74) is 1.75. The van der Waals surface area contributed by atoms with Crippen LogP contribution in [0.2, 0.25) is 0 Å². The summed E-state index contributed by atoms with van der Waals surface area (Å²) in [5.74, 6) is 0.675. The minimum Gasteiger partial charge on any atom is -0.633 e. The molecule has 1 aromatic rings. The predicted octanol–water partition coefficient (Wildman–Crippen LogP) is 1.40. The zero-order chi connectivity index (χ0) is 18.6. The second kappa shape index (κ2) is 5.11. The molecule has 6 heteroatoms. The van der Waals surface area contributed by atoms with E-state index >= 15 is 0 Å². The first-order chi connectivity index (χ1) is 13.0. The molecule has 4 fully saturated rings. The van der Waals surface area contributed by atoms with Crippen molar-refractivity contribution in [3.8, 4) is 0 Å². The molecule has 144 valence electrons. The van der Waals surface area contributed by atoms with Crippen LogP contribution >= 0.6 is 0 Å². The van der Waals surface area contributed by atoms with Gasteiger partial charge in [-0.3, -0.25) is 4.79 Å². The summed E-state index contributed by atoms with van der Waals surface area (Å²) >= 11 is 0. The summed E-state index contributed by atoms with van der Waals surface area (Å²) < 4.78 is 6.03. The van der Waals surface area contributed by atoms with E-state index in [1.165, 1.54) is 0 Å². The summed E-state index contributed by atoms with van der Waals surface area (Å²) in [4.78, 5) is 14.7. The normalized spacial score (nSPS) is 48.9. The molecule has 6 nitrogen and oxygen atoms in total. The number of ether oxygens (including phenoxy) is 1. The first kappa shape index (κ1) is 16.5. The highest BCUT2D eigenvalue weighted by molar-refractivity contribution is 5.98. The van der Waals surface area contributed by atoms with Gasteiger partial charge >= 0.3 is 0 Å². The Kier molecular flexibility index (Phi) is 3.12. The number of carbonyl (C=O) groups excluding carboxylic acids is 1. The van der Waals surface area contributed by atoms with Crippen LogP contribution in [0.5, 0.6) is 0 Å². The number of fused-ring (bicyclic) bond motifs is 2. The SMILES string of the molecule is C[C@H]1OC[C@@H]2[C@H]3C[C@H]4C5(CC[N+]4([O-])C[C@H]31)c1ccccc1N(C(=O)CO)[C@@H]25. The maximum atomic E-state index is 13.9. The van der Waals surface area contributed by atoms with Gasteiger partial charge in [-0.05, 0) is 24.5 Å². The Hall–Kier alpha value is -1.47. The number of quaternary nitrogens is 1. The van der Waals surface area contributed by atoms with Crippen LogP contribution in [0.15, 0.2) is 24.3 Å². The molecule has 5 aliphatic rings. The van der Waals surface area contributed by atoms with Crippen molar-refractivity contribution in [1.29, 1.82) is 0 Å². The van der Waals surface area contributed by atoms with Gasteiger partial charge < -0.3 is 24.6 Å². The summed E-state index contributed by atoms with van der Waals surface area (Å²) in [6, 6.07) is 8.02. The monoisotopic (exact) mass is 370 g/mol. The second-order valence-corrected chi connectivity index (χ2v) is 9.31. The average molecular weight is 370 g/mol. The molecule has 8 atom stereocenters. The van der Waals surface area contributed by atoms with E-state index in [4.69, 9.17) is 4.74 Å². The van der Waals surface area contributed by atoms with Gasteiger partial charge in [-0.15, -0.1) is 0 Å². The Morgan fingerprint density at radius 3 is 3.00 bits per heavy atom. The molecule has 4 heterocycles. The first-order valence-electron chi connectivity index (χ1n) is 10.2. The number of aliphatic hydroxyl groups excluding tert-OH is 1. The van der Waals surface area contributed by atoms with Crippen molar-refractivity contribution in [1.82, 2.24) is 0 Å². The maximum absolute atomic E-state index is 13.9. The number of aliphatic hydroxyl groups is 1. The molecule has 3 saturated heterocycles. The van der Waals surface area contributed by atoms with Crippen molar-refractivity contribution in [2.24, 2.45) is 17.8 Å². The number of piperidine rings is 1. The Morgan fingerprint density at radius 2 is 2.19 bits per heavy atom. The minimum atomic E-state index is -0.499. The summed E-state index contributed by atoms with van der Waals surface area (Å²) in [6.45, 7) is 3.52. The van der Waals surface area contributed by atoms with E-state index in [0.717, 1.165) is 24.1 Å². The minimum absolute atomic E-state index is 0.0166. The Morgan fingerprint density at radius 1 is 1.37 bits per heavy atom. The van der Waals surface area contributed by atoms with Crippen LogP contribution in [0, 0.1) is 23.0 Å². The quantitative estimate of drug-likeness (QED) is 0.599. The summed E-state index contributed by atoms with van der Waals surface area (Å²) in [6.07, 6.45) is 1.87. The van der Waals surface area contributed by atoms with Gasteiger partial charge in [-0.25, -0.2) is 0 Å². The van der Waals surface area contributed by atoms with Crippen molar-refractivity contribution in [3.05, 3.63) is 35.0 Å². The van der Waals surface area contributed by atoms with Gasteiger partial charge in [-0.2, -0.15) is 0 Å². The average Bonchev–Trinajstić information content (AvgIpc) is 3.16. The predicted molar refractivity (Wildman–Crippen MR) is 98.7 cm³/mol. The number of nitrogens with zero attached hydrogens (tertiary/aromatic N) is 2. The van der Waals surface area contributed by atoms with Crippen molar-refractivity contribution in [2.45, 2.75) is 43.4 Å². The number of hydrogen-bond acceptors (Lipinski definition) is 4. The number of hydroxylamine groups is 3. The van der Waals surface area contributed by atoms with Gasteiger partial charge in [0.1, 0.15) is 12.6 Å². The Balaban J connectivity index is 1.61. The fourth-order valence-electron chi connectivity index (χ4n) is 7.70. The van der Waals surface area contributed by atoms with E-state index in [-0.39, 0.29) is 46.0 Å². The summed E-state index contributed by atoms with van der Waals surface area (Å²) in [7, 11) is 0. The largest absolute Gasteiger partial charge is 0.633 e. The van der Waals surface area contributed by atoms with Crippen LogP contribution in [0.4, 0.5) is 5.69 Å². The van der Waals surface area contributed by atoms with Crippen molar-refractivity contribution >= 4 is 11.6 Å². The van der Waals surface area contributed by atoms with Gasteiger partial charge in [-0.1, -0.05) is 18.2 Å². The molecule has 2 unspecified atom stereocenters. The van der Waals surface area contributed by atoms with Crippen LogP contribution in [0.25, 0.3) is 0 Å². The lowest BCUT2D eigenvalue weighted by atomic mass is 9.53. The molecule has 0 radical (unpaired) electrons. The van der Waals surface area contributed by atoms with Crippen molar-refractivity contribution < 1.29 is 19.3 Å². The first-order valence-corrected chi connectivity index (χ1v) is 10.2. The van der Waals surface area contributed by atoms with E-state index in [0.29, 0.717) is 25.6 Å². The maximum Gasteiger partial charge on any atom is 0.252 e. The number of para-hydroxylation sites is 1. The lowest BCUT2D eigenvalue weighted by Crippen LogP contribution is -2.73. The third-order valence-electron chi connectivity index (χ3n) is 8.62. The molecular weight excluding hydrogens is 344 g/mol. The molecule has 6 rings (SSSR count). The van der Waals surface area contributed by atoms with Crippen molar-refractivity contribution in [2.75, 3.05) is 31.2 Å². The van der Waals surface area contributed by atoms with Crippen LogP contribution in [-0.4, -0.2) is 60.2 Å². The van der Waals surface area contributed by atoms with Gasteiger partial charge in [0.25, 0.3) is 5.91 Å². The summed E-state index contributed by atoms with van der Waals surface area (Å²) in [5, 5.41) is 23.7. The lowest BCUT2D eigenvalue weighted by Gasteiger charge is -2.64. The Bertz CT molecular complexity index is 830. The molecule has 2 bridgehead atoms. The zero-order valence-corrected chi connectivity index (χ0v) is 15.6. The van der Waals surface area contributed by atoms with E-state index in [9.17, 15) is 15.1 Å². The molecule has 27 heavy (non-hydrogen) atoms. The number of amides is 1. The highest BCUT2D eigenvalue weighted by Crippen LogP contribution is 2.66. The highest BCUT2D eigenvalue weighted by atomic mass is 16.6. The zero-order valence-electron chi connectivity index (χ0n) is 15.6. The molecule has 1 spiro atoms. The van der Waals surface area contributed by atoms with Gasteiger partial charge in [0, 0.05) is 30.4 Å². The lowest BCUT2D eigenvalue weighted by molar-refractivity contribution is -0.908. The molecule has 1 saturated carbocycles. The van der Waals surface area contributed by atoms with E-state index < -0.39 is 6.61 Å². The van der Waals surface area contributed by atoms with Gasteiger partial charge in [0.15, 0.2) is 0 Å². The van der Waals surface area contributed by atoms with Gasteiger partial charge in [0.05, 0.1) is 37.3 Å². The fourth-order valence-corrected chi connectivity index (χ4v) is 7.70. The number of anilines is 1. The Labute approximate surface area is 158 Å². The van der Waals surface area contributed by atoms with E-state index in [1.807, 2.05) is 23.1 Å². The van der Waals surface area contributed by atoms with Crippen LogP contribution in [-0.2, 0) is 14.9 Å². The molecule has 1 aliphatic carbocycles. The molecule has 0 aromatic heterocycles. The third kappa shape index (κ3) is 1.74. The van der Waals surface area contributed by atoms with Crippen LogP contribution in [0.1, 0.15) is 25.3 Å². The molecule has 1 N–H and O–H groups in total. The molecule has 1 amide bonds. The number of hydrogen-bond donors (Lipinski definition) is 1. The second-order valence-electron chi connectivity index (χ2n) is 9.31. The third-order valence-corrected chi connectivity index (χ3v) is 8.62. The van der Waals surface area contributed by atoms with Gasteiger partial charge in [0.2, 0.25) is 0 Å². The van der Waals surface area contributed by atoms with E-state index in [2.05, 4.69) is 13.0 Å². The van der Waals surface area contributed by atoms with Crippen LogP contribution in [0.3, 0.4) is 0 Å². The molecular formula is C21H26N2O4. The molecule has 1 aromatic carbocycles. The number of carbonyl (C=O) groups is 1. The fraction of sp³-hybridized carbons (Fsp3) is 0.667. The highest BCUT2D eigenvalue weighted by Gasteiger charge is 2.73. The van der Waals surface area contributed by atoms with Crippen LogP contribution < -0.4 is 4.90 Å². The van der Waals surface area contributed by atoms with Crippen molar-refractivity contribution in [3.63, 3.8) is 0 Å². The standard InChI is InChI=1S/C21H26N2O4/c1-12-14-9-23(26)7-6-21-16-4-2-3-5-17(16)22(19(25)10-24)20(21)15(11-27-12)13(14)8-18(21)23/h2-5,12-15,18,20,24H,6-11H2,1H3/t12-,13+,14+,15-,18+,20+,21?,23?/m1/s1. The number of rotatable bonds is 1. The smallest absolute Gasteiger partial charge is 0.252 e. The van der Waals surface area contributed by atoms with E-state index in [1.54, 1.807) is 0 Å².